The number of nitrogens with zero attached hydrogens (tertiary/aromatic N) is 1. The Labute approximate surface area is 88.0 Å². The Kier molecular flexibility index (Phi) is 3.47. The van der Waals surface area contributed by atoms with Crippen molar-refractivity contribution in [2.24, 2.45) is 0 Å². The van der Waals surface area contributed by atoms with Crippen molar-refractivity contribution in [3.8, 4) is 0 Å². The summed E-state index contributed by atoms with van der Waals surface area (Å²) >= 11 is 0. The van der Waals surface area contributed by atoms with E-state index in [1.54, 1.807) is 13.8 Å². The second-order valence-electron chi connectivity index (χ2n) is 3.96. The van der Waals surface area contributed by atoms with E-state index >= 15 is 0 Å². The zero-order chi connectivity index (χ0) is 11.6. The number of hydrogen-bond donors (Lipinski definition) is 2. The lowest BCUT2D eigenvalue weighted by Crippen LogP contribution is -2.39. The third kappa shape index (κ3) is 2.79. The predicted molar refractivity (Wildman–Crippen MR) is 53.2 cm³/mol. The van der Waals surface area contributed by atoms with Gasteiger partial charge in [-0.1, -0.05) is 5.57 Å². The lowest BCUT2D eigenvalue weighted by atomic mass is 10.2. The number of allylic oxidation sites excluding steroid dienone is 1. The molecule has 5 nitrogen and oxygen atoms in total. The highest BCUT2D eigenvalue weighted by Crippen LogP contribution is 2.18. The molecule has 0 spiro atoms. The van der Waals surface area contributed by atoms with Crippen molar-refractivity contribution in [3.05, 3.63) is 11.6 Å². The Morgan fingerprint density at radius 1 is 1.40 bits per heavy atom. The third-order valence-electron chi connectivity index (χ3n) is 2.26. The van der Waals surface area contributed by atoms with Gasteiger partial charge in [-0.25, -0.2) is 4.79 Å². The lowest BCUT2D eigenvalue weighted by Gasteiger charge is -2.19. The van der Waals surface area contributed by atoms with Crippen molar-refractivity contribution in [1.82, 2.24) is 4.90 Å². The molecule has 1 saturated heterocycles. The van der Waals surface area contributed by atoms with Crippen LogP contribution in [0.3, 0.4) is 0 Å². The maximum Gasteiger partial charge on any atom is 0.326 e. The van der Waals surface area contributed by atoms with E-state index in [4.69, 9.17) is 5.11 Å². The van der Waals surface area contributed by atoms with E-state index in [0.717, 1.165) is 5.57 Å². The summed E-state index contributed by atoms with van der Waals surface area (Å²) in [5.74, 6) is -1.42. The van der Waals surface area contributed by atoms with Gasteiger partial charge in [0.1, 0.15) is 6.04 Å². The van der Waals surface area contributed by atoms with Gasteiger partial charge < -0.3 is 15.1 Å². The molecule has 1 aliphatic rings. The fraction of sp³-hybridized carbons (Fsp3) is 0.600. The fourth-order valence-electron chi connectivity index (χ4n) is 1.62. The predicted octanol–water partition coefficient (Wildman–Crippen LogP) is -0.00100. The van der Waals surface area contributed by atoms with E-state index in [1.165, 1.54) is 11.0 Å². The van der Waals surface area contributed by atoms with Crippen LogP contribution in [0.15, 0.2) is 11.6 Å². The number of aliphatic hydroxyl groups excluding tert-OH is 1. The Hall–Kier alpha value is -1.36. The van der Waals surface area contributed by atoms with Gasteiger partial charge in [-0.05, 0) is 13.8 Å². The molecule has 0 aromatic rings. The van der Waals surface area contributed by atoms with Gasteiger partial charge in [0.2, 0.25) is 5.91 Å². The first kappa shape index (κ1) is 11.7. The van der Waals surface area contributed by atoms with E-state index in [0.29, 0.717) is 0 Å². The van der Waals surface area contributed by atoms with Gasteiger partial charge >= 0.3 is 5.97 Å². The number of carboxylic acids is 1. The van der Waals surface area contributed by atoms with Crippen molar-refractivity contribution < 1.29 is 19.8 Å². The monoisotopic (exact) mass is 213 g/mol. The van der Waals surface area contributed by atoms with E-state index in [-0.39, 0.29) is 18.9 Å². The summed E-state index contributed by atoms with van der Waals surface area (Å²) in [5.41, 5.74) is 0.811. The smallest absolute Gasteiger partial charge is 0.326 e. The maximum absolute atomic E-state index is 11.6. The van der Waals surface area contributed by atoms with Gasteiger partial charge in [0.05, 0.1) is 6.10 Å². The van der Waals surface area contributed by atoms with Gasteiger partial charge in [0.25, 0.3) is 0 Å². The molecule has 0 unspecified atom stereocenters. The van der Waals surface area contributed by atoms with Crippen molar-refractivity contribution >= 4 is 11.9 Å². The topological polar surface area (TPSA) is 77.8 Å². The maximum atomic E-state index is 11.6. The van der Waals surface area contributed by atoms with Crippen LogP contribution >= 0.6 is 0 Å². The number of hydrogen-bond acceptors (Lipinski definition) is 3. The zero-order valence-electron chi connectivity index (χ0n) is 8.80. The van der Waals surface area contributed by atoms with Crippen molar-refractivity contribution in [2.75, 3.05) is 6.54 Å². The number of aliphatic hydroxyl groups is 1. The molecule has 0 aromatic heterocycles. The van der Waals surface area contributed by atoms with Crippen molar-refractivity contribution in [2.45, 2.75) is 32.4 Å². The largest absolute Gasteiger partial charge is 0.480 e. The van der Waals surface area contributed by atoms with Gasteiger partial charge in [-0.3, -0.25) is 4.79 Å². The quantitative estimate of drug-likeness (QED) is 0.633. The highest BCUT2D eigenvalue weighted by atomic mass is 16.4. The number of aliphatic carboxylic acids is 1. The molecule has 1 heterocycles. The summed E-state index contributed by atoms with van der Waals surface area (Å²) in [6, 6.07) is -0.900. The van der Waals surface area contributed by atoms with Crippen LogP contribution in [0.5, 0.6) is 0 Å². The molecule has 2 N–H and O–H groups in total. The van der Waals surface area contributed by atoms with Crippen LogP contribution < -0.4 is 0 Å². The van der Waals surface area contributed by atoms with Crippen LogP contribution in [0.1, 0.15) is 20.3 Å². The summed E-state index contributed by atoms with van der Waals surface area (Å²) in [7, 11) is 0. The number of carboxylic acid groups (broad SMARTS) is 1. The molecule has 1 fully saturated rings. The van der Waals surface area contributed by atoms with Gasteiger partial charge in [-0.2, -0.15) is 0 Å². The Bertz CT molecular complexity index is 307. The van der Waals surface area contributed by atoms with Gasteiger partial charge in [-0.15, -0.1) is 0 Å². The zero-order valence-corrected chi connectivity index (χ0v) is 8.80. The molecule has 0 aliphatic carbocycles. The van der Waals surface area contributed by atoms with Crippen LogP contribution in [-0.2, 0) is 9.59 Å². The first-order chi connectivity index (χ1) is 6.91. The molecule has 1 amide bonds. The van der Waals surface area contributed by atoms with Gasteiger partial charge in [0, 0.05) is 19.0 Å². The van der Waals surface area contributed by atoms with E-state index in [9.17, 15) is 14.7 Å². The molecule has 5 heteroatoms. The van der Waals surface area contributed by atoms with E-state index in [1.807, 2.05) is 0 Å². The molecule has 0 radical (unpaired) electrons. The Morgan fingerprint density at radius 3 is 2.47 bits per heavy atom. The van der Waals surface area contributed by atoms with E-state index < -0.39 is 18.1 Å². The minimum atomic E-state index is -1.07. The molecule has 0 aromatic carbocycles. The number of carbonyl (C=O) groups is 2. The molecular weight excluding hydrogens is 198 g/mol. The van der Waals surface area contributed by atoms with Crippen LogP contribution in [0.4, 0.5) is 0 Å². The molecule has 0 bridgehead atoms. The second kappa shape index (κ2) is 4.44. The summed E-state index contributed by atoms with van der Waals surface area (Å²) in [6.07, 6.45) is 0.756. The molecule has 2 atom stereocenters. The van der Waals surface area contributed by atoms with Crippen LogP contribution in [0.25, 0.3) is 0 Å². The number of likely N-dealkylation sites (tertiary alicyclic amines) is 1. The summed E-state index contributed by atoms with van der Waals surface area (Å²) in [6.45, 7) is 3.62. The number of rotatable bonds is 2. The first-order valence-electron chi connectivity index (χ1n) is 4.78. The highest BCUT2D eigenvalue weighted by Gasteiger charge is 2.37. The van der Waals surface area contributed by atoms with Gasteiger partial charge in [0.15, 0.2) is 0 Å². The third-order valence-corrected chi connectivity index (χ3v) is 2.26. The fourth-order valence-corrected chi connectivity index (χ4v) is 1.62. The lowest BCUT2D eigenvalue weighted by molar-refractivity contribution is -0.146. The number of β-amino-alcohol motifs (C(OH)–C–C–N with tert-alkyl or cyclic N) is 1. The number of carbonyl (C=O) groups excluding carboxylic acids is 1. The van der Waals surface area contributed by atoms with Crippen molar-refractivity contribution in [3.63, 3.8) is 0 Å². The molecule has 1 rings (SSSR count). The molecular formula is C10H15NO4. The van der Waals surface area contributed by atoms with Crippen molar-refractivity contribution in [1.29, 1.82) is 0 Å². The minimum absolute atomic E-state index is 0.0968. The molecule has 1 aliphatic heterocycles. The minimum Gasteiger partial charge on any atom is -0.480 e. The Balaban J connectivity index is 2.80. The summed E-state index contributed by atoms with van der Waals surface area (Å²) < 4.78 is 0. The SMILES string of the molecule is CC(C)=CC(=O)N1C[C@@H](O)C[C@H]1C(=O)O. The van der Waals surface area contributed by atoms with Crippen LogP contribution in [0, 0.1) is 0 Å². The van der Waals surface area contributed by atoms with Crippen LogP contribution in [0.2, 0.25) is 0 Å². The van der Waals surface area contributed by atoms with E-state index in [2.05, 4.69) is 0 Å². The normalized spacial score (nSPS) is 25.1. The Morgan fingerprint density at radius 2 is 2.00 bits per heavy atom. The first-order valence-corrected chi connectivity index (χ1v) is 4.78. The molecule has 84 valence electrons. The average molecular weight is 213 g/mol. The second-order valence-corrected chi connectivity index (χ2v) is 3.96. The average Bonchev–Trinajstić information content (AvgIpc) is 2.46. The summed E-state index contributed by atoms with van der Waals surface area (Å²) in [4.78, 5) is 23.6. The molecule has 0 saturated carbocycles. The van der Waals surface area contributed by atoms with Crippen LogP contribution in [-0.4, -0.2) is 45.7 Å². The highest BCUT2D eigenvalue weighted by molar-refractivity contribution is 5.92. The number of amides is 1. The summed E-state index contributed by atoms with van der Waals surface area (Å²) in [5, 5.41) is 18.2. The standard InChI is InChI=1S/C10H15NO4/c1-6(2)3-9(13)11-5-7(12)4-8(11)10(14)15/h3,7-8,12H,4-5H2,1-2H3,(H,14,15)/t7-,8-/m0/s1. The molecule has 15 heavy (non-hydrogen) atoms.